The zero-order valence-electron chi connectivity index (χ0n) is 12.5. The molecule has 0 aliphatic carbocycles. The minimum absolute atomic E-state index is 0.248. The Hall–Kier alpha value is -3.68. The third-order valence-corrected chi connectivity index (χ3v) is 3.27. The molecule has 0 unspecified atom stereocenters. The van der Waals surface area contributed by atoms with Crippen LogP contribution in [0.15, 0.2) is 70.9 Å². The second kappa shape index (κ2) is 6.21. The van der Waals surface area contributed by atoms with Crippen LogP contribution in [0.3, 0.4) is 0 Å². The van der Waals surface area contributed by atoms with Crippen molar-refractivity contribution in [1.29, 1.82) is 0 Å². The Kier molecular flexibility index (Phi) is 3.94. The van der Waals surface area contributed by atoms with Crippen LogP contribution in [0.25, 0.3) is 0 Å². The number of rotatable bonds is 2. The molecule has 0 bridgehead atoms. The fourth-order valence-corrected chi connectivity index (χ4v) is 2.10. The summed E-state index contributed by atoms with van der Waals surface area (Å²) in [6, 6.07) is 16.9. The SMILES string of the molecule is NC1=NN(C(=O)c2ccccc2)C(N)=NN1C(=O)c1ccccc1. The highest BCUT2D eigenvalue weighted by atomic mass is 16.2. The first-order chi connectivity index (χ1) is 11.6. The molecule has 1 aliphatic rings. The number of carbonyl (C=O) groups excluding carboxylic acids is 2. The van der Waals surface area contributed by atoms with Crippen molar-refractivity contribution in [3.63, 3.8) is 0 Å². The molecule has 4 N–H and O–H groups in total. The van der Waals surface area contributed by atoms with Crippen LogP contribution < -0.4 is 11.5 Å². The van der Waals surface area contributed by atoms with Crippen molar-refractivity contribution in [3.05, 3.63) is 71.8 Å². The van der Waals surface area contributed by atoms with Gasteiger partial charge in [-0.15, -0.1) is 10.2 Å². The lowest BCUT2D eigenvalue weighted by molar-refractivity contribution is 0.0792. The predicted octanol–water partition coefficient (Wildman–Crippen LogP) is 0.744. The molecule has 0 radical (unpaired) electrons. The van der Waals surface area contributed by atoms with Gasteiger partial charge in [0.1, 0.15) is 0 Å². The largest absolute Gasteiger partial charge is 0.366 e. The zero-order chi connectivity index (χ0) is 17.1. The fourth-order valence-electron chi connectivity index (χ4n) is 2.10. The standard InChI is InChI=1S/C16H14N6O2/c17-15-20-22(14(24)12-9-5-2-6-10-12)16(18)19-21(15)13(23)11-7-3-1-4-8-11/h1-10H,(H2,18,19)(H2,17,20). The molecule has 2 aromatic rings. The lowest BCUT2D eigenvalue weighted by atomic mass is 10.2. The summed E-state index contributed by atoms with van der Waals surface area (Å²) in [4.78, 5) is 24.8. The van der Waals surface area contributed by atoms with E-state index in [1.165, 1.54) is 0 Å². The van der Waals surface area contributed by atoms with Gasteiger partial charge in [0.05, 0.1) is 0 Å². The summed E-state index contributed by atoms with van der Waals surface area (Å²) in [6.07, 6.45) is 0. The van der Waals surface area contributed by atoms with E-state index in [0.29, 0.717) is 11.1 Å². The van der Waals surface area contributed by atoms with E-state index in [-0.39, 0.29) is 11.9 Å². The number of carbonyl (C=O) groups is 2. The van der Waals surface area contributed by atoms with Crippen molar-refractivity contribution in [2.24, 2.45) is 21.7 Å². The van der Waals surface area contributed by atoms with Gasteiger partial charge in [0.15, 0.2) is 0 Å². The summed E-state index contributed by atoms with van der Waals surface area (Å²) in [5.41, 5.74) is 12.3. The van der Waals surface area contributed by atoms with Gasteiger partial charge in [0.2, 0.25) is 11.9 Å². The topological polar surface area (TPSA) is 117 Å². The van der Waals surface area contributed by atoms with Crippen molar-refractivity contribution in [2.75, 3.05) is 0 Å². The van der Waals surface area contributed by atoms with E-state index in [1.54, 1.807) is 60.7 Å². The van der Waals surface area contributed by atoms with Crippen molar-refractivity contribution in [2.45, 2.75) is 0 Å². The van der Waals surface area contributed by atoms with E-state index in [9.17, 15) is 9.59 Å². The Morgan fingerprint density at radius 3 is 1.33 bits per heavy atom. The number of hydrogen-bond donors (Lipinski definition) is 2. The van der Waals surface area contributed by atoms with Crippen LogP contribution in [-0.2, 0) is 0 Å². The molecule has 0 saturated carbocycles. The average molecular weight is 322 g/mol. The predicted molar refractivity (Wildman–Crippen MR) is 88.5 cm³/mol. The Balaban J connectivity index is 1.87. The van der Waals surface area contributed by atoms with Crippen LogP contribution in [0.4, 0.5) is 0 Å². The van der Waals surface area contributed by atoms with Crippen LogP contribution >= 0.6 is 0 Å². The third kappa shape index (κ3) is 2.80. The Labute approximate surface area is 137 Å². The Morgan fingerprint density at radius 1 is 0.667 bits per heavy atom. The molecule has 0 saturated heterocycles. The number of hydrazone groups is 2. The molecule has 2 amide bonds. The van der Waals surface area contributed by atoms with Crippen LogP contribution in [0.5, 0.6) is 0 Å². The second-order valence-corrected chi connectivity index (χ2v) is 4.88. The minimum atomic E-state index is -0.494. The van der Waals surface area contributed by atoms with Gasteiger partial charge in [0.25, 0.3) is 11.8 Å². The number of nitrogens with two attached hydrogens (primary N) is 2. The number of nitrogens with zero attached hydrogens (tertiary/aromatic N) is 4. The third-order valence-electron chi connectivity index (χ3n) is 3.27. The number of benzene rings is 2. The zero-order valence-corrected chi connectivity index (χ0v) is 12.5. The molecule has 8 heteroatoms. The highest BCUT2D eigenvalue weighted by Crippen LogP contribution is 2.12. The Bertz CT molecular complexity index is 761. The van der Waals surface area contributed by atoms with Crippen LogP contribution in [-0.4, -0.2) is 33.8 Å². The van der Waals surface area contributed by atoms with Crippen LogP contribution in [0, 0.1) is 0 Å². The molecule has 2 aromatic carbocycles. The summed E-state index contributed by atoms with van der Waals surface area (Å²) in [5, 5.41) is 9.51. The first-order valence-electron chi connectivity index (χ1n) is 7.05. The van der Waals surface area contributed by atoms with Gasteiger partial charge in [-0.2, -0.15) is 10.0 Å². The lowest BCUT2D eigenvalue weighted by Crippen LogP contribution is -2.50. The van der Waals surface area contributed by atoms with Gasteiger partial charge >= 0.3 is 0 Å². The van der Waals surface area contributed by atoms with Crippen molar-refractivity contribution >= 4 is 23.7 Å². The molecule has 0 aromatic heterocycles. The van der Waals surface area contributed by atoms with Gasteiger partial charge in [-0.1, -0.05) is 36.4 Å². The van der Waals surface area contributed by atoms with E-state index < -0.39 is 11.8 Å². The van der Waals surface area contributed by atoms with Gasteiger partial charge < -0.3 is 11.5 Å². The van der Waals surface area contributed by atoms with Gasteiger partial charge in [-0.05, 0) is 24.3 Å². The first-order valence-corrected chi connectivity index (χ1v) is 7.05. The smallest absolute Gasteiger partial charge is 0.281 e. The second-order valence-electron chi connectivity index (χ2n) is 4.88. The fraction of sp³-hybridized carbons (Fsp3) is 0. The summed E-state index contributed by atoms with van der Waals surface area (Å²) >= 11 is 0. The van der Waals surface area contributed by atoms with E-state index in [1.807, 2.05) is 0 Å². The van der Waals surface area contributed by atoms with Crippen LogP contribution in [0.2, 0.25) is 0 Å². The number of guanidine groups is 2. The van der Waals surface area contributed by atoms with E-state index in [0.717, 1.165) is 10.0 Å². The first kappa shape index (κ1) is 15.2. The van der Waals surface area contributed by atoms with E-state index >= 15 is 0 Å². The van der Waals surface area contributed by atoms with Gasteiger partial charge in [-0.3, -0.25) is 9.59 Å². The highest BCUT2D eigenvalue weighted by Gasteiger charge is 2.29. The molecule has 1 heterocycles. The monoisotopic (exact) mass is 322 g/mol. The summed E-state index contributed by atoms with van der Waals surface area (Å²) in [6.45, 7) is 0. The maximum Gasteiger partial charge on any atom is 0.281 e. The van der Waals surface area contributed by atoms with Crippen molar-refractivity contribution < 1.29 is 9.59 Å². The highest BCUT2D eigenvalue weighted by molar-refractivity contribution is 6.11. The maximum absolute atomic E-state index is 12.4. The van der Waals surface area contributed by atoms with Crippen LogP contribution in [0.1, 0.15) is 20.7 Å². The minimum Gasteiger partial charge on any atom is -0.366 e. The molecule has 0 spiro atoms. The lowest BCUT2D eigenvalue weighted by Gasteiger charge is -2.26. The van der Waals surface area contributed by atoms with Crippen molar-refractivity contribution in [1.82, 2.24) is 10.0 Å². The normalized spacial score (nSPS) is 14.0. The molecule has 24 heavy (non-hydrogen) atoms. The molecule has 120 valence electrons. The molecule has 8 nitrogen and oxygen atoms in total. The maximum atomic E-state index is 12.4. The molecule has 1 aliphatic heterocycles. The molecule has 3 rings (SSSR count). The molecular formula is C16H14N6O2. The molecule has 0 fully saturated rings. The number of amides is 2. The molecule has 0 atom stereocenters. The summed E-state index contributed by atoms with van der Waals surface area (Å²) in [5.74, 6) is -1.48. The molecular weight excluding hydrogens is 308 g/mol. The van der Waals surface area contributed by atoms with Crippen molar-refractivity contribution in [3.8, 4) is 0 Å². The van der Waals surface area contributed by atoms with E-state index in [4.69, 9.17) is 11.5 Å². The average Bonchev–Trinajstić information content (AvgIpc) is 2.63. The van der Waals surface area contributed by atoms with E-state index in [2.05, 4.69) is 10.2 Å². The summed E-state index contributed by atoms with van der Waals surface area (Å²) in [7, 11) is 0. The Morgan fingerprint density at radius 2 is 1.00 bits per heavy atom. The van der Waals surface area contributed by atoms with Gasteiger partial charge in [-0.25, -0.2) is 0 Å². The summed E-state index contributed by atoms with van der Waals surface area (Å²) < 4.78 is 0. The number of hydrogen-bond acceptors (Lipinski definition) is 6. The van der Waals surface area contributed by atoms with Gasteiger partial charge in [0, 0.05) is 11.1 Å². The quantitative estimate of drug-likeness (QED) is 0.848.